The van der Waals surface area contributed by atoms with Gasteiger partial charge in [0, 0.05) is 17.0 Å². The summed E-state index contributed by atoms with van der Waals surface area (Å²) in [5.41, 5.74) is 2.87. The zero-order chi connectivity index (χ0) is 21.5. The minimum atomic E-state index is -3.01. The van der Waals surface area contributed by atoms with Crippen molar-refractivity contribution in [3.05, 3.63) is 63.9 Å². The third kappa shape index (κ3) is 4.15. The molecule has 0 aliphatic heterocycles. The first kappa shape index (κ1) is 20.7. The molecule has 0 spiro atoms. The lowest BCUT2D eigenvalue weighted by Crippen LogP contribution is -2.21. The van der Waals surface area contributed by atoms with E-state index >= 15 is 0 Å². The summed E-state index contributed by atoms with van der Waals surface area (Å²) in [6, 6.07) is 14.8. The fraction of sp³-hybridized carbons (Fsp3) is 0.190. The SMILES string of the molecule is Cc1nc(OCC(C)(F)F)c2nn(-c3ccccc3Cl)c(-c3ccc(Br)cc3)c2n1. The quantitative estimate of drug-likeness (QED) is 0.330. The summed E-state index contributed by atoms with van der Waals surface area (Å²) in [5.74, 6) is -2.62. The number of hydrogen-bond donors (Lipinski definition) is 0. The Kier molecular flexibility index (Phi) is 5.46. The van der Waals surface area contributed by atoms with E-state index in [0.29, 0.717) is 27.7 Å². The number of nitrogens with zero attached hydrogens (tertiary/aromatic N) is 4. The van der Waals surface area contributed by atoms with Crippen molar-refractivity contribution in [2.24, 2.45) is 0 Å². The molecule has 154 valence electrons. The molecule has 0 aliphatic carbocycles. The van der Waals surface area contributed by atoms with Gasteiger partial charge in [0.15, 0.2) is 12.1 Å². The Morgan fingerprint density at radius 3 is 2.43 bits per heavy atom. The predicted molar refractivity (Wildman–Crippen MR) is 116 cm³/mol. The standard InChI is InChI=1S/C21H16BrClF2N4O/c1-12-26-17-18(20(27-12)30-11-21(2,24)25)28-29(16-6-4-3-5-15(16)23)19(17)13-7-9-14(22)10-8-13/h3-10H,11H2,1-2H3. The molecule has 9 heteroatoms. The van der Waals surface area contributed by atoms with Gasteiger partial charge in [-0.15, -0.1) is 0 Å². The van der Waals surface area contributed by atoms with E-state index in [0.717, 1.165) is 17.0 Å². The molecule has 0 unspecified atom stereocenters. The van der Waals surface area contributed by atoms with Gasteiger partial charge in [0.1, 0.15) is 17.0 Å². The van der Waals surface area contributed by atoms with Crippen LogP contribution in [0.15, 0.2) is 53.0 Å². The number of rotatable bonds is 5. The summed E-state index contributed by atoms with van der Waals surface area (Å²) >= 11 is 9.86. The number of benzene rings is 2. The lowest BCUT2D eigenvalue weighted by atomic mass is 10.1. The Hall–Kier alpha value is -2.58. The van der Waals surface area contributed by atoms with Crippen LogP contribution in [0.2, 0.25) is 5.02 Å². The van der Waals surface area contributed by atoms with Crippen molar-refractivity contribution < 1.29 is 13.5 Å². The number of aryl methyl sites for hydroxylation is 1. The van der Waals surface area contributed by atoms with Crippen LogP contribution in [0.5, 0.6) is 5.88 Å². The Labute approximate surface area is 184 Å². The number of alkyl halides is 2. The van der Waals surface area contributed by atoms with Crippen LogP contribution in [0, 0.1) is 6.92 Å². The second-order valence-electron chi connectivity index (χ2n) is 6.85. The predicted octanol–water partition coefficient (Wildman–Crippen LogP) is 6.24. The van der Waals surface area contributed by atoms with Gasteiger partial charge in [-0.2, -0.15) is 10.1 Å². The average molecular weight is 494 g/mol. The molecule has 2 aromatic carbocycles. The lowest BCUT2D eigenvalue weighted by Gasteiger charge is -2.11. The van der Waals surface area contributed by atoms with Crippen molar-refractivity contribution in [1.29, 1.82) is 0 Å². The molecule has 0 radical (unpaired) electrons. The minimum Gasteiger partial charge on any atom is -0.470 e. The normalized spacial score (nSPS) is 11.8. The molecule has 30 heavy (non-hydrogen) atoms. The molecule has 5 nitrogen and oxygen atoms in total. The highest BCUT2D eigenvalue weighted by Gasteiger charge is 2.26. The highest BCUT2D eigenvalue weighted by Crippen LogP contribution is 2.36. The Morgan fingerprint density at radius 2 is 1.77 bits per heavy atom. The molecule has 0 aliphatic rings. The van der Waals surface area contributed by atoms with Crippen LogP contribution < -0.4 is 4.74 Å². The van der Waals surface area contributed by atoms with Crippen molar-refractivity contribution in [3.63, 3.8) is 0 Å². The minimum absolute atomic E-state index is 0.00295. The van der Waals surface area contributed by atoms with Crippen LogP contribution in [0.25, 0.3) is 28.0 Å². The highest BCUT2D eigenvalue weighted by atomic mass is 79.9. The fourth-order valence-electron chi connectivity index (χ4n) is 3.01. The first-order valence-corrected chi connectivity index (χ1v) is 10.2. The molecule has 2 aromatic heterocycles. The van der Waals surface area contributed by atoms with Crippen LogP contribution in [-0.2, 0) is 0 Å². The zero-order valence-electron chi connectivity index (χ0n) is 16.0. The van der Waals surface area contributed by atoms with Crippen molar-refractivity contribution in [2.45, 2.75) is 19.8 Å². The second-order valence-corrected chi connectivity index (χ2v) is 8.17. The van der Waals surface area contributed by atoms with Crippen molar-refractivity contribution in [3.8, 4) is 22.8 Å². The second kappa shape index (κ2) is 7.92. The number of aromatic nitrogens is 4. The molecular formula is C21H16BrClF2N4O. The topological polar surface area (TPSA) is 52.8 Å². The van der Waals surface area contributed by atoms with Gasteiger partial charge in [-0.1, -0.05) is 51.8 Å². The number of fused-ring (bicyclic) bond motifs is 1. The molecule has 0 fully saturated rings. The van der Waals surface area contributed by atoms with Gasteiger partial charge in [-0.3, -0.25) is 0 Å². The molecule has 4 rings (SSSR count). The van der Waals surface area contributed by atoms with Crippen molar-refractivity contribution in [2.75, 3.05) is 6.61 Å². The van der Waals surface area contributed by atoms with E-state index in [4.69, 9.17) is 16.3 Å². The lowest BCUT2D eigenvalue weighted by molar-refractivity contribution is -0.0238. The van der Waals surface area contributed by atoms with E-state index in [-0.39, 0.29) is 11.4 Å². The van der Waals surface area contributed by atoms with Gasteiger partial charge < -0.3 is 4.74 Å². The van der Waals surface area contributed by atoms with E-state index in [9.17, 15) is 8.78 Å². The number of ether oxygens (including phenoxy) is 1. The largest absolute Gasteiger partial charge is 0.470 e. The third-order valence-electron chi connectivity index (χ3n) is 4.26. The van der Waals surface area contributed by atoms with E-state index in [2.05, 4.69) is 31.0 Å². The van der Waals surface area contributed by atoms with Crippen LogP contribution in [-0.4, -0.2) is 32.3 Å². The first-order valence-electron chi connectivity index (χ1n) is 9.02. The number of halogens is 4. The summed E-state index contributed by atoms with van der Waals surface area (Å²) < 4.78 is 34.7. The van der Waals surface area contributed by atoms with E-state index in [1.807, 2.05) is 42.5 Å². The van der Waals surface area contributed by atoms with Crippen molar-refractivity contribution in [1.82, 2.24) is 19.7 Å². The Morgan fingerprint density at radius 1 is 1.07 bits per heavy atom. The van der Waals surface area contributed by atoms with Gasteiger partial charge in [-0.05, 0) is 31.2 Å². The molecule has 0 saturated heterocycles. The maximum Gasteiger partial charge on any atom is 0.278 e. The molecule has 0 amide bonds. The summed E-state index contributed by atoms with van der Waals surface area (Å²) in [6.07, 6.45) is 0. The van der Waals surface area contributed by atoms with E-state index in [1.54, 1.807) is 17.7 Å². The Bertz CT molecular complexity index is 1220. The maximum atomic E-state index is 13.4. The summed E-state index contributed by atoms with van der Waals surface area (Å²) in [7, 11) is 0. The Balaban J connectivity index is 2.00. The maximum absolute atomic E-state index is 13.4. The molecule has 0 saturated carbocycles. The third-order valence-corrected chi connectivity index (χ3v) is 5.11. The molecule has 2 heterocycles. The highest BCUT2D eigenvalue weighted by molar-refractivity contribution is 9.10. The molecule has 0 N–H and O–H groups in total. The number of para-hydroxylation sites is 1. The molecule has 0 atom stereocenters. The molecule has 4 aromatic rings. The van der Waals surface area contributed by atoms with Gasteiger partial charge in [-0.25, -0.2) is 18.4 Å². The van der Waals surface area contributed by atoms with Crippen LogP contribution in [0.3, 0.4) is 0 Å². The fourth-order valence-corrected chi connectivity index (χ4v) is 3.49. The van der Waals surface area contributed by atoms with Crippen LogP contribution in [0.4, 0.5) is 8.78 Å². The summed E-state index contributed by atoms with van der Waals surface area (Å²) in [5, 5.41) is 5.09. The summed E-state index contributed by atoms with van der Waals surface area (Å²) in [4.78, 5) is 8.74. The number of hydrogen-bond acceptors (Lipinski definition) is 4. The average Bonchev–Trinajstić information content (AvgIpc) is 3.05. The molecule has 0 bridgehead atoms. The van der Waals surface area contributed by atoms with E-state index in [1.165, 1.54) is 0 Å². The van der Waals surface area contributed by atoms with Gasteiger partial charge in [0.2, 0.25) is 5.88 Å². The van der Waals surface area contributed by atoms with E-state index < -0.39 is 12.5 Å². The van der Waals surface area contributed by atoms with Gasteiger partial charge in [0.25, 0.3) is 5.92 Å². The van der Waals surface area contributed by atoms with Crippen molar-refractivity contribution >= 4 is 38.6 Å². The smallest absolute Gasteiger partial charge is 0.278 e. The zero-order valence-corrected chi connectivity index (χ0v) is 18.4. The van der Waals surface area contributed by atoms with Crippen LogP contribution >= 0.6 is 27.5 Å². The van der Waals surface area contributed by atoms with Crippen LogP contribution in [0.1, 0.15) is 12.7 Å². The summed E-state index contributed by atoms with van der Waals surface area (Å²) in [6.45, 7) is 1.65. The first-order chi connectivity index (χ1) is 14.2. The van der Waals surface area contributed by atoms with Gasteiger partial charge >= 0.3 is 0 Å². The molecular weight excluding hydrogens is 478 g/mol. The monoisotopic (exact) mass is 492 g/mol. The van der Waals surface area contributed by atoms with Gasteiger partial charge in [0.05, 0.1) is 10.7 Å².